The lowest BCUT2D eigenvalue weighted by molar-refractivity contribution is -0.00271. The van der Waals surface area contributed by atoms with Crippen molar-refractivity contribution in [3.05, 3.63) is 68.8 Å². The van der Waals surface area contributed by atoms with E-state index < -0.39 is 11.2 Å². The molecule has 196 valence electrons. The second-order valence-electron chi connectivity index (χ2n) is 11.2. The second-order valence-corrected chi connectivity index (χ2v) is 11.2. The molecule has 0 aromatic heterocycles. The van der Waals surface area contributed by atoms with E-state index in [-0.39, 0.29) is 5.78 Å². The molecule has 0 unspecified atom stereocenters. The molecule has 3 nitrogen and oxygen atoms in total. The minimum absolute atomic E-state index is 0.0345. The molecule has 2 N–H and O–H groups in total. The molecule has 2 aromatic carbocycles. The van der Waals surface area contributed by atoms with Crippen LogP contribution >= 0.6 is 0 Å². The van der Waals surface area contributed by atoms with E-state index in [1.807, 2.05) is 12.1 Å². The first-order valence-corrected chi connectivity index (χ1v) is 14.6. The van der Waals surface area contributed by atoms with E-state index in [1.165, 1.54) is 11.1 Å². The molecule has 3 heteroatoms. The maximum atomic E-state index is 14.6. The second kappa shape index (κ2) is 11.2. The molecule has 2 saturated carbocycles. The molecule has 0 atom stereocenters. The zero-order valence-electron chi connectivity index (χ0n) is 23.0. The molecule has 0 amide bonds. The Morgan fingerprint density at radius 3 is 1.28 bits per heavy atom. The van der Waals surface area contributed by atoms with Gasteiger partial charge in [-0.25, -0.2) is 0 Å². The number of carbonyl (C=O) groups is 1. The van der Waals surface area contributed by atoms with E-state index in [2.05, 4.69) is 39.8 Å². The summed E-state index contributed by atoms with van der Waals surface area (Å²) in [6.45, 7) is 8.58. The Bertz CT molecular complexity index is 999. The Morgan fingerprint density at radius 1 is 0.611 bits per heavy atom. The highest BCUT2D eigenvalue weighted by Gasteiger charge is 2.40. The topological polar surface area (TPSA) is 57.5 Å². The molecular weight excluding hydrogens is 444 g/mol. The van der Waals surface area contributed by atoms with Gasteiger partial charge in [0.05, 0.1) is 11.2 Å². The first kappa shape index (κ1) is 27.1. The third-order valence-electron chi connectivity index (χ3n) is 9.07. The average Bonchev–Trinajstić information content (AvgIpc) is 2.91. The van der Waals surface area contributed by atoms with Crippen molar-refractivity contribution < 1.29 is 15.0 Å². The summed E-state index contributed by atoms with van der Waals surface area (Å²) in [5.74, 6) is -0.0345. The van der Waals surface area contributed by atoms with E-state index >= 15 is 0 Å². The van der Waals surface area contributed by atoms with Crippen LogP contribution in [0.15, 0.2) is 24.3 Å². The van der Waals surface area contributed by atoms with E-state index in [9.17, 15) is 15.0 Å². The van der Waals surface area contributed by atoms with Crippen molar-refractivity contribution >= 4 is 5.78 Å². The Hall–Kier alpha value is -1.97. The SMILES string of the molecule is CCc1ccc(C(=O)c2ccc(CC)c(CC)c2C2(O)CCCCC2)c(C2(O)CCCCC2)c1CC. The molecule has 0 heterocycles. The fourth-order valence-electron chi connectivity index (χ4n) is 7.21. The molecule has 4 rings (SSSR count). The number of hydrogen-bond acceptors (Lipinski definition) is 3. The van der Waals surface area contributed by atoms with Crippen LogP contribution in [-0.2, 0) is 36.9 Å². The standard InChI is InChI=1S/C33H46O3/c1-5-23-15-17-27(29(25(23)7-3)32(35)19-11-9-12-20-32)31(34)28-18-16-24(6-2)26(8-4)30(28)33(36)21-13-10-14-22-33/h15-18,35-36H,5-14,19-22H2,1-4H3. The molecule has 2 aromatic rings. The van der Waals surface area contributed by atoms with Gasteiger partial charge in [-0.2, -0.15) is 0 Å². The molecule has 0 saturated heterocycles. The number of hydrogen-bond donors (Lipinski definition) is 2. The normalized spacial score (nSPS) is 19.3. The molecule has 0 bridgehead atoms. The van der Waals surface area contributed by atoms with Crippen molar-refractivity contribution in [1.82, 2.24) is 0 Å². The summed E-state index contributed by atoms with van der Waals surface area (Å²) in [6.07, 6.45) is 12.4. The van der Waals surface area contributed by atoms with Crippen molar-refractivity contribution in [2.75, 3.05) is 0 Å². The minimum Gasteiger partial charge on any atom is -0.385 e. The first-order chi connectivity index (χ1) is 17.3. The summed E-state index contributed by atoms with van der Waals surface area (Å²) >= 11 is 0. The largest absolute Gasteiger partial charge is 0.385 e. The Balaban J connectivity index is 1.97. The van der Waals surface area contributed by atoms with Crippen LogP contribution in [0, 0.1) is 0 Å². The predicted molar refractivity (Wildman–Crippen MR) is 148 cm³/mol. The third kappa shape index (κ3) is 4.82. The van der Waals surface area contributed by atoms with E-state index in [0.717, 1.165) is 86.5 Å². The zero-order chi connectivity index (χ0) is 25.9. The molecule has 0 aliphatic heterocycles. The molecule has 2 aliphatic carbocycles. The van der Waals surface area contributed by atoms with Crippen LogP contribution in [0.1, 0.15) is 141 Å². The predicted octanol–water partition coefficient (Wildman–Crippen LogP) is 7.47. The highest BCUT2D eigenvalue weighted by molar-refractivity contribution is 6.11. The summed E-state index contributed by atoms with van der Waals surface area (Å²) < 4.78 is 0. The number of ketones is 1. The number of aryl methyl sites for hydroxylation is 2. The Labute approximate surface area is 218 Å². The molecule has 0 spiro atoms. The monoisotopic (exact) mass is 490 g/mol. The summed E-state index contributed by atoms with van der Waals surface area (Å²) in [4.78, 5) is 14.6. The molecular formula is C33H46O3. The maximum Gasteiger partial charge on any atom is 0.193 e. The zero-order valence-corrected chi connectivity index (χ0v) is 23.0. The van der Waals surface area contributed by atoms with Crippen LogP contribution in [0.4, 0.5) is 0 Å². The van der Waals surface area contributed by atoms with E-state index in [1.54, 1.807) is 0 Å². The van der Waals surface area contributed by atoms with Gasteiger partial charge >= 0.3 is 0 Å². The number of aliphatic hydroxyl groups is 2. The lowest BCUT2D eigenvalue weighted by Gasteiger charge is -2.38. The Kier molecular flexibility index (Phi) is 8.42. The van der Waals surface area contributed by atoms with E-state index in [0.29, 0.717) is 36.8 Å². The van der Waals surface area contributed by atoms with Crippen LogP contribution in [0.5, 0.6) is 0 Å². The smallest absolute Gasteiger partial charge is 0.193 e. The van der Waals surface area contributed by atoms with Gasteiger partial charge in [-0.05, 0) is 84.7 Å². The highest BCUT2D eigenvalue weighted by atomic mass is 16.3. The van der Waals surface area contributed by atoms with Crippen LogP contribution in [0.2, 0.25) is 0 Å². The van der Waals surface area contributed by atoms with Gasteiger partial charge in [-0.1, -0.05) is 90.5 Å². The van der Waals surface area contributed by atoms with Gasteiger partial charge in [0.2, 0.25) is 0 Å². The van der Waals surface area contributed by atoms with Gasteiger partial charge in [0.15, 0.2) is 5.78 Å². The molecule has 36 heavy (non-hydrogen) atoms. The fraction of sp³-hybridized carbons (Fsp3) is 0.606. The minimum atomic E-state index is -0.960. The van der Waals surface area contributed by atoms with Crippen molar-refractivity contribution in [1.29, 1.82) is 0 Å². The Morgan fingerprint density at radius 2 is 0.972 bits per heavy atom. The summed E-state index contributed by atoms with van der Waals surface area (Å²) in [7, 11) is 0. The van der Waals surface area contributed by atoms with Crippen LogP contribution in [0.3, 0.4) is 0 Å². The number of carbonyl (C=O) groups excluding carboxylic acids is 1. The van der Waals surface area contributed by atoms with Crippen LogP contribution in [0.25, 0.3) is 0 Å². The van der Waals surface area contributed by atoms with Gasteiger partial charge in [-0.3, -0.25) is 4.79 Å². The molecule has 2 fully saturated rings. The summed E-state index contributed by atoms with van der Waals surface area (Å²) in [5, 5.41) is 24.0. The van der Waals surface area contributed by atoms with Gasteiger partial charge in [0, 0.05) is 11.1 Å². The maximum absolute atomic E-state index is 14.6. The lowest BCUT2D eigenvalue weighted by Crippen LogP contribution is -2.34. The molecule has 0 radical (unpaired) electrons. The number of rotatable bonds is 8. The average molecular weight is 491 g/mol. The number of benzene rings is 2. The van der Waals surface area contributed by atoms with Crippen molar-refractivity contribution in [3.63, 3.8) is 0 Å². The fourth-order valence-corrected chi connectivity index (χ4v) is 7.21. The first-order valence-electron chi connectivity index (χ1n) is 14.6. The van der Waals surface area contributed by atoms with E-state index in [4.69, 9.17) is 0 Å². The van der Waals surface area contributed by atoms with Gasteiger partial charge in [0.25, 0.3) is 0 Å². The van der Waals surface area contributed by atoms with Gasteiger partial charge < -0.3 is 10.2 Å². The van der Waals surface area contributed by atoms with Gasteiger partial charge in [-0.15, -0.1) is 0 Å². The third-order valence-corrected chi connectivity index (χ3v) is 9.07. The quantitative estimate of drug-likeness (QED) is 0.377. The van der Waals surface area contributed by atoms with Crippen molar-refractivity contribution in [3.8, 4) is 0 Å². The molecule has 2 aliphatic rings. The lowest BCUT2D eigenvalue weighted by atomic mass is 9.71. The van der Waals surface area contributed by atoms with Crippen LogP contribution in [-0.4, -0.2) is 16.0 Å². The van der Waals surface area contributed by atoms with Crippen LogP contribution < -0.4 is 0 Å². The van der Waals surface area contributed by atoms with Crippen molar-refractivity contribution in [2.45, 2.75) is 129 Å². The van der Waals surface area contributed by atoms with Crippen molar-refractivity contribution in [2.24, 2.45) is 0 Å². The summed E-state index contributed by atoms with van der Waals surface area (Å²) in [6, 6.07) is 8.13. The highest BCUT2D eigenvalue weighted by Crippen LogP contribution is 2.45. The van der Waals surface area contributed by atoms with Gasteiger partial charge in [0.1, 0.15) is 0 Å². The summed E-state index contributed by atoms with van der Waals surface area (Å²) in [5.41, 5.74) is 5.84.